The van der Waals surface area contributed by atoms with E-state index in [9.17, 15) is 0 Å². The van der Waals surface area contributed by atoms with Crippen LogP contribution in [0.25, 0.3) is 0 Å². The predicted molar refractivity (Wildman–Crippen MR) is 95.1 cm³/mol. The molecule has 1 atom stereocenters. The molecule has 2 aromatic rings. The van der Waals surface area contributed by atoms with Crippen molar-refractivity contribution in [2.75, 3.05) is 13.1 Å². The normalized spacial score (nSPS) is 14.0. The van der Waals surface area contributed by atoms with Gasteiger partial charge >= 0.3 is 0 Å². The van der Waals surface area contributed by atoms with Crippen LogP contribution in [0.1, 0.15) is 43.7 Å². The molecule has 3 N–H and O–H groups in total. The number of hydrogen-bond acceptors (Lipinski definition) is 2. The quantitative estimate of drug-likeness (QED) is 0.724. The van der Waals surface area contributed by atoms with Crippen molar-refractivity contribution in [3.8, 4) is 0 Å². The highest BCUT2D eigenvalue weighted by atomic mass is 14.9. The van der Waals surface area contributed by atoms with Gasteiger partial charge in [0.15, 0.2) is 0 Å². The molecule has 2 nitrogen and oxygen atoms in total. The first-order valence-corrected chi connectivity index (χ1v) is 8.22. The van der Waals surface area contributed by atoms with Crippen molar-refractivity contribution in [3.63, 3.8) is 0 Å². The second-order valence-electron chi connectivity index (χ2n) is 6.35. The fourth-order valence-corrected chi connectivity index (χ4v) is 2.64. The standard InChI is InChI=1S/C20H28N2/c1-3-20(2,21)16-22-15-14-19(17-10-6-4-7-11-17)18-12-8-5-9-13-18/h4-13,19,22H,3,14-16,21H2,1-2H3. The van der Waals surface area contributed by atoms with Crippen LogP contribution in [0, 0.1) is 0 Å². The molecule has 118 valence electrons. The first-order chi connectivity index (χ1) is 10.6. The number of rotatable bonds is 8. The summed E-state index contributed by atoms with van der Waals surface area (Å²) in [6.07, 6.45) is 2.06. The van der Waals surface area contributed by atoms with Crippen LogP contribution in [-0.2, 0) is 0 Å². The third-order valence-electron chi connectivity index (χ3n) is 4.35. The van der Waals surface area contributed by atoms with Crippen LogP contribution in [0.15, 0.2) is 60.7 Å². The molecule has 1 unspecified atom stereocenters. The van der Waals surface area contributed by atoms with E-state index in [-0.39, 0.29) is 5.54 Å². The van der Waals surface area contributed by atoms with Crippen LogP contribution in [0.5, 0.6) is 0 Å². The minimum absolute atomic E-state index is 0.116. The van der Waals surface area contributed by atoms with Gasteiger partial charge in [0.2, 0.25) is 0 Å². The average molecular weight is 296 g/mol. The van der Waals surface area contributed by atoms with Gasteiger partial charge in [-0.1, -0.05) is 67.6 Å². The molecule has 0 aliphatic rings. The lowest BCUT2D eigenvalue weighted by atomic mass is 9.88. The van der Waals surface area contributed by atoms with E-state index in [4.69, 9.17) is 5.73 Å². The first kappa shape index (κ1) is 16.7. The molecule has 0 saturated carbocycles. The average Bonchev–Trinajstić information content (AvgIpc) is 2.56. The highest BCUT2D eigenvalue weighted by Gasteiger charge is 2.16. The molecule has 2 heteroatoms. The summed E-state index contributed by atoms with van der Waals surface area (Å²) >= 11 is 0. The minimum Gasteiger partial charge on any atom is -0.324 e. The largest absolute Gasteiger partial charge is 0.324 e. The Morgan fingerprint density at radius 1 is 0.955 bits per heavy atom. The third kappa shape index (κ3) is 4.97. The molecule has 0 aliphatic heterocycles. The number of hydrogen-bond donors (Lipinski definition) is 2. The van der Waals surface area contributed by atoms with Gasteiger partial charge in [0.1, 0.15) is 0 Å². The molecule has 22 heavy (non-hydrogen) atoms. The van der Waals surface area contributed by atoms with Crippen molar-refractivity contribution >= 4 is 0 Å². The second kappa shape index (κ2) is 8.11. The maximum absolute atomic E-state index is 6.19. The first-order valence-electron chi connectivity index (χ1n) is 8.22. The van der Waals surface area contributed by atoms with Crippen LogP contribution in [0.3, 0.4) is 0 Å². The summed E-state index contributed by atoms with van der Waals surface area (Å²) < 4.78 is 0. The van der Waals surface area contributed by atoms with Crippen LogP contribution in [0.4, 0.5) is 0 Å². The molecule has 0 aromatic heterocycles. The lowest BCUT2D eigenvalue weighted by Gasteiger charge is -2.24. The van der Waals surface area contributed by atoms with Gasteiger partial charge in [0.05, 0.1) is 0 Å². The number of nitrogens with one attached hydrogen (secondary N) is 1. The van der Waals surface area contributed by atoms with E-state index in [2.05, 4.69) is 79.8 Å². The summed E-state index contributed by atoms with van der Waals surface area (Å²) in [5, 5.41) is 3.52. The van der Waals surface area contributed by atoms with Crippen LogP contribution in [0.2, 0.25) is 0 Å². The fraction of sp³-hybridized carbons (Fsp3) is 0.400. The van der Waals surface area contributed by atoms with Gasteiger partial charge in [-0.25, -0.2) is 0 Å². The Balaban J connectivity index is 2.01. The molecule has 0 spiro atoms. The topological polar surface area (TPSA) is 38.0 Å². The van der Waals surface area contributed by atoms with Gasteiger partial charge in [-0.2, -0.15) is 0 Å². The zero-order valence-corrected chi connectivity index (χ0v) is 13.8. The van der Waals surface area contributed by atoms with Gasteiger partial charge < -0.3 is 11.1 Å². The van der Waals surface area contributed by atoms with Gasteiger partial charge in [-0.15, -0.1) is 0 Å². The van der Waals surface area contributed by atoms with Crippen LogP contribution in [-0.4, -0.2) is 18.6 Å². The van der Waals surface area contributed by atoms with Crippen LogP contribution >= 0.6 is 0 Å². The van der Waals surface area contributed by atoms with Crippen molar-refractivity contribution in [3.05, 3.63) is 71.8 Å². The van der Waals surface area contributed by atoms with E-state index in [1.807, 2.05) is 0 Å². The van der Waals surface area contributed by atoms with E-state index >= 15 is 0 Å². The summed E-state index contributed by atoms with van der Waals surface area (Å²) in [6, 6.07) is 21.5. The number of benzene rings is 2. The minimum atomic E-state index is -0.116. The monoisotopic (exact) mass is 296 g/mol. The lowest BCUT2D eigenvalue weighted by Crippen LogP contribution is -2.45. The Labute approximate surface area is 134 Å². The van der Waals surface area contributed by atoms with Crippen molar-refractivity contribution in [1.82, 2.24) is 5.32 Å². The Hall–Kier alpha value is -1.64. The Morgan fingerprint density at radius 3 is 1.91 bits per heavy atom. The van der Waals surface area contributed by atoms with Crippen molar-refractivity contribution in [1.29, 1.82) is 0 Å². The fourth-order valence-electron chi connectivity index (χ4n) is 2.64. The highest BCUT2D eigenvalue weighted by molar-refractivity contribution is 5.32. The van der Waals surface area contributed by atoms with Crippen molar-refractivity contribution in [2.45, 2.75) is 38.1 Å². The second-order valence-corrected chi connectivity index (χ2v) is 6.35. The maximum atomic E-state index is 6.19. The zero-order valence-electron chi connectivity index (χ0n) is 13.8. The van der Waals surface area contributed by atoms with E-state index in [0.29, 0.717) is 5.92 Å². The summed E-state index contributed by atoms with van der Waals surface area (Å²) in [7, 11) is 0. The molecule has 0 fully saturated rings. The molecule has 0 aliphatic carbocycles. The molecular formula is C20H28N2. The third-order valence-corrected chi connectivity index (χ3v) is 4.35. The van der Waals surface area contributed by atoms with E-state index < -0.39 is 0 Å². The molecular weight excluding hydrogens is 268 g/mol. The molecule has 2 aromatic carbocycles. The Bertz CT molecular complexity index is 495. The summed E-state index contributed by atoms with van der Waals surface area (Å²) in [5.74, 6) is 0.431. The van der Waals surface area contributed by atoms with Gasteiger partial charge in [0.25, 0.3) is 0 Å². The van der Waals surface area contributed by atoms with Crippen molar-refractivity contribution < 1.29 is 0 Å². The van der Waals surface area contributed by atoms with Crippen LogP contribution < -0.4 is 11.1 Å². The molecule has 0 amide bonds. The molecule has 0 radical (unpaired) electrons. The zero-order chi connectivity index (χ0) is 15.8. The van der Waals surface area contributed by atoms with Gasteiger partial charge in [0, 0.05) is 18.0 Å². The predicted octanol–water partition coefficient (Wildman–Crippen LogP) is 3.93. The highest BCUT2D eigenvalue weighted by Crippen LogP contribution is 2.27. The summed E-state index contributed by atoms with van der Waals surface area (Å²) in [5.41, 5.74) is 8.83. The summed E-state index contributed by atoms with van der Waals surface area (Å²) in [6.45, 7) is 6.07. The molecule has 0 heterocycles. The lowest BCUT2D eigenvalue weighted by molar-refractivity contribution is 0.413. The van der Waals surface area contributed by atoms with E-state index in [0.717, 1.165) is 25.9 Å². The number of nitrogens with two attached hydrogens (primary N) is 1. The van der Waals surface area contributed by atoms with Crippen molar-refractivity contribution in [2.24, 2.45) is 5.73 Å². The molecule has 0 bridgehead atoms. The Morgan fingerprint density at radius 2 is 1.45 bits per heavy atom. The molecule has 0 saturated heterocycles. The van der Waals surface area contributed by atoms with Gasteiger partial charge in [-0.05, 0) is 37.4 Å². The van der Waals surface area contributed by atoms with E-state index in [1.54, 1.807) is 0 Å². The van der Waals surface area contributed by atoms with Gasteiger partial charge in [-0.3, -0.25) is 0 Å². The Kier molecular flexibility index (Phi) is 6.17. The summed E-state index contributed by atoms with van der Waals surface area (Å²) in [4.78, 5) is 0. The smallest absolute Gasteiger partial charge is 0.0249 e. The molecule has 2 rings (SSSR count). The SMILES string of the molecule is CCC(C)(N)CNCCC(c1ccccc1)c1ccccc1. The van der Waals surface area contributed by atoms with E-state index in [1.165, 1.54) is 11.1 Å². The maximum Gasteiger partial charge on any atom is 0.0249 e.